The van der Waals surface area contributed by atoms with Gasteiger partial charge in [0, 0.05) is 34.5 Å². The Morgan fingerprint density at radius 1 is 0.812 bits per heavy atom. The quantitative estimate of drug-likeness (QED) is 0.391. The molecule has 4 amide bonds. The smallest absolute Gasteiger partial charge is 0.319 e. The molecule has 6 nitrogen and oxygen atoms in total. The van der Waals surface area contributed by atoms with Gasteiger partial charge in [-0.2, -0.15) is 0 Å². The zero-order valence-corrected chi connectivity index (χ0v) is 19.9. The molecule has 2 aromatic rings. The molecule has 4 N–H and O–H groups in total. The number of urea groups is 2. The van der Waals surface area contributed by atoms with E-state index in [2.05, 4.69) is 21.3 Å². The zero-order valence-electron chi connectivity index (χ0n) is 18.4. The molecule has 0 aliphatic heterocycles. The predicted octanol–water partition coefficient (Wildman–Crippen LogP) is 6.36. The van der Waals surface area contributed by atoms with Crippen molar-refractivity contribution in [3.8, 4) is 0 Å². The van der Waals surface area contributed by atoms with Gasteiger partial charge in [0.25, 0.3) is 0 Å². The average Bonchev–Trinajstić information content (AvgIpc) is 2.75. The third kappa shape index (κ3) is 7.31. The first kappa shape index (κ1) is 24.2. The van der Waals surface area contributed by atoms with Gasteiger partial charge in [0.1, 0.15) is 0 Å². The fourth-order valence-corrected chi connectivity index (χ4v) is 4.57. The number of anilines is 2. The zero-order chi connectivity index (χ0) is 23.1. The van der Waals surface area contributed by atoms with Crippen LogP contribution in [0.1, 0.15) is 36.8 Å². The predicted molar refractivity (Wildman–Crippen MR) is 132 cm³/mol. The van der Waals surface area contributed by atoms with Crippen molar-refractivity contribution in [2.45, 2.75) is 39.5 Å². The van der Waals surface area contributed by atoms with Crippen LogP contribution in [-0.2, 0) is 0 Å². The third-order valence-electron chi connectivity index (χ3n) is 5.87. The molecule has 1 aliphatic rings. The molecule has 0 radical (unpaired) electrons. The molecular formula is C24H30Cl2N4O2. The van der Waals surface area contributed by atoms with E-state index in [4.69, 9.17) is 23.2 Å². The molecule has 32 heavy (non-hydrogen) atoms. The van der Waals surface area contributed by atoms with Crippen LogP contribution in [0.3, 0.4) is 0 Å². The third-order valence-corrected chi connectivity index (χ3v) is 6.34. The van der Waals surface area contributed by atoms with E-state index in [9.17, 15) is 9.59 Å². The normalized spacial score (nSPS) is 18.0. The average molecular weight is 477 g/mol. The van der Waals surface area contributed by atoms with Gasteiger partial charge in [-0.3, -0.25) is 0 Å². The van der Waals surface area contributed by atoms with Crippen LogP contribution >= 0.6 is 23.2 Å². The van der Waals surface area contributed by atoms with Crippen molar-refractivity contribution in [1.29, 1.82) is 0 Å². The summed E-state index contributed by atoms with van der Waals surface area (Å²) in [5.74, 6) is 0.795. The van der Waals surface area contributed by atoms with Crippen LogP contribution in [-0.4, -0.2) is 25.2 Å². The van der Waals surface area contributed by atoms with Crippen LogP contribution in [0, 0.1) is 25.7 Å². The molecule has 1 aliphatic carbocycles. The largest absolute Gasteiger partial charge is 0.338 e. The van der Waals surface area contributed by atoms with Gasteiger partial charge in [0.15, 0.2) is 0 Å². The second kappa shape index (κ2) is 11.4. The van der Waals surface area contributed by atoms with Crippen LogP contribution in [0.4, 0.5) is 21.0 Å². The molecule has 0 heterocycles. The first-order valence-electron chi connectivity index (χ1n) is 10.9. The van der Waals surface area contributed by atoms with E-state index in [0.717, 1.165) is 48.2 Å². The van der Waals surface area contributed by atoms with E-state index < -0.39 is 0 Å². The van der Waals surface area contributed by atoms with Gasteiger partial charge in [-0.05, 0) is 92.5 Å². The molecule has 8 heteroatoms. The number of halogens is 2. The number of rotatable bonds is 6. The lowest BCUT2D eigenvalue weighted by Crippen LogP contribution is -2.38. The number of nitrogens with one attached hydrogen (secondary N) is 4. The van der Waals surface area contributed by atoms with E-state index in [-0.39, 0.29) is 12.1 Å². The summed E-state index contributed by atoms with van der Waals surface area (Å²) in [5.41, 5.74) is 3.34. The lowest BCUT2D eigenvalue weighted by Gasteiger charge is -2.29. The molecule has 1 saturated carbocycles. The van der Waals surface area contributed by atoms with Gasteiger partial charge in [-0.15, -0.1) is 0 Å². The Balaban J connectivity index is 1.40. The summed E-state index contributed by atoms with van der Waals surface area (Å²) in [6, 6.07) is 10.3. The van der Waals surface area contributed by atoms with Gasteiger partial charge in [0.2, 0.25) is 0 Å². The van der Waals surface area contributed by atoms with Crippen LogP contribution in [0.2, 0.25) is 10.0 Å². The number of hydrogen-bond acceptors (Lipinski definition) is 2. The highest BCUT2D eigenvalue weighted by molar-refractivity contribution is 6.31. The van der Waals surface area contributed by atoms with Crippen molar-refractivity contribution in [2.24, 2.45) is 11.8 Å². The maximum absolute atomic E-state index is 12.3. The molecule has 3 rings (SSSR count). The van der Waals surface area contributed by atoms with Crippen LogP contribution < -0.4 is 21.3 Å². The van der Waals surface area contributed by atoms with E-state index >= 15 is 0 Å². The van der Waals surface area contributed by atoms with Crippen LogP contribution in [0.15, 0.2) is 36.4 Å². The first-order valence-corrected chi connectivity index (χ1v) is 11.7. The van der Waals surface area contributed by atoms with Crippen molar-refractivity contribution in [2.75, 3.05) is 23.7 Å². The molecule has 2 unspecified atom stereocenters. The van der Waals surface area contributed by atoms with Crippen molar-refractivity contribution in [3.63, 3.8) is 0 Å². The SMILES string of the molecule is Cc1cc(Cl)ccc1NC(=O)NCC1CCCC(CNC(=O)Nc2ccc(Cl)cc2C)C1. The molecule has 172 valence electrons. The number of aryl methyl sites for hydroxylation is 2. The molecule has 0 bridgehead atoms. The summed E-state index contributed by atoms with van der Waals surface area (Å²) in [4.78, 5) is 24.6. The number of carbonyl (C=O) groups is 2. The minimum absolute atomic E-state index is 0.214. The summed E-state index contributed by atoms with van der Waals surface area (Å²) in [7, 11) is 0. The molecule has 2 aromatic carbocycles. The van der Waals surface area contributed by atoms with Gasteiger partial charge in [0.05, 0.1) is 0 Å². The van der Waals surface area contributed by atoms with E-state index in [1.54, 1.807) is 24.3 Å². The van der Waals surface area contributed by atoms with E-state index in [1.807, 2.05) is 26.0 Å². The number of carbonyl (C=O) groups excluding carboxylic acids is 2. The van der Waals surface area contributed by atoms with Crippen molar-refractivity contribution < 1.29 is 9.59 Å². The van der Waals surface area contributed by atoms with Crippen LogP contribution in [0.5, 0.6) is 0 Å². The summed E-state index contributed by atoms with van der Waals surface area (Å²) < 4.78 is 0. The van der Waals surface area contributed by atoms with E-state index in [1.165, 1.54) is 0 Å². The van der Waals surface area contributed by atoms with E-state index in [0.29, 0.717) is 35.0 Å². The Morgan fingerprint density at radius 2 is 1.25 bits per heavy atom. The summed E-state index contributed by atoms with van der Waals surface area (Å²) in [6.07, 6.45) is 4.22. The lowest BCUT2D eigenvalue weighted by atomic mass is 9.81. The van der Waals surface area contributed by atoms with Gasteiger partial charge >= 0.3 is 12.1 Å². The van der Waals surface area contributed by atoms with Crippen molar-refractivity contribution in [3.05, 3.63) is 57.6 Å². The Morgan fingerprint density at radius 3 is 1.66 bits per heavy atom. The van der Waals surface area contributed by atoms with Gasteiger partial charge < -0.3 is 21.3 Å². The number of benzene rings is 2. The van der Waals surface area contributed by atoms with Gasteiger partial charge in [-0.1, -0.05) is 29.6 Å². The Kier molecular flexibility index (Phi) is 8.65. The van der Waals surface area contributed by atoms with Crippen LogP contribution in [0.25, 0.3) is 0 Å². The Labute approximate surface area is 199 Å². The molecule has 0 saturated heterocycles. The molecule has 0 aromatic heterocycles. The number of amides is 4. The topological polar surface area (TPSA) is 82.3 Å². The first-order chi connectivity index (χ1) is 15.3. The minimum atomic E-state index is -0.214. The Hall–Kier alpha value is -2.44. The highest BCUT2D eigenvalue weighted by Gasteiger charge is 2.23. The summed E-state index contributed by atoms with van der Waals surface area (Å²) >= 11 is 11.9. The minimum Gasteiger partial charge on any atom is -0.338 e. The van der Waals surface area contributed by atoms with Crippen molar-refractivity contribution in [1.82, 2.24) is 10.6 Å². The fraction of sp³-hybridized carbons (Fsp3) is 0.417. The maximum atomic E-state index is 12.3. The molecular weight excluding hydrogens is 447 g/mol. The standard InChI is InChI=1S/C24H30Cl2N4O2/c1-15-10-19(25)6-8-21(15)29-23(31)27-13-17-4-3-5-18(12-17)14-28-24(32)30-22-9-7-20(26)11-16(22)2/h6-11,17-18H,3-5,12-14H2,1-2H3,(H2,27,29,31)(H2,28,30,32). The fourth-order valence-electron chi connectivity index (χ4n) is 4.11. The summed E-state index contributed by atoms with van der Waals surface area (Å²) in [6.45, 7) is 5.05. The molecule has 1 fully saturated rings. The second-order valence-electron chi connectivity index (χ2n) is 8.49. The monoisotopic (exact) mass is 476 g/mol. The highest BCUT2D eigenvalue weighted by Crippen LogP contribution is 2.28. The maximum Gasteiger partial charge on any atom is 0.319 e. The van der Waals surface area contributed by atoms with Crippen molar-refractivity contribution >= 4 is 46.6 Å². The summed E-state index contributed by atoms with van der Waals surface area (Å²) in [5, 5.41) is 13.0. The molecule has 2 atom stereocenters. The van der Waals surface area contributed by atoms with Gasteiger partial charge in [-0.25, -0.2) is 9.59 Å². The lowest BCUT2D eigenvalue weighted by molar-refractivity contribution is 0.230. The Bertz CT molecular complexity index is 892. The number of hydrogen-bond donors (Lipinski definition) is 4. The second-order valence-corrected chi connectivity index (χ2v) is 9.36. The molecule has 0 spiro atoms. The highest BCUT2D eigenvalue weighted by atomic mass is 35.5.